The predicted molar refractivity (Wildman–Crippen MR) is 126 cm³/mol. The van der Waals surface area contributed by atoms with E-state index in [-0.39, 0.29) is 0 Å². The van der Waals surface area contributed by atoms with Gasteiger partial charge < -0.3 is 14.5 Å². The van der Waals surface area contributed by atoms with Crippen LogP contribution in [0.4, 0.5) is 0 Å². The van der Waals surface area contributed by atoms with Gasteiger partial charge in [0.25, 0.3) is 0 Å². The highest BCUT2D eigenvalue weighted by Crippen LogP contribution is 2.00. The third kappa shape index (κ3) is 9.70. The highest BCUT2D eigenvalue weighted by Gasteiger charge is 2.18. The smallest absolute Gasteiger partial charge is 0.348 e. The van der Waals surface area contributed by atoms with E-state index in [4.69, 9.17) is 9.73 Å². The van der Waals surface area contributed by atoms with E-state index in [1.807, 2.05) is 0 Å². The number of nitrogens with one attached hydrogen (secondary N) is 1. The summed E-state index contributed by atoms with van der Waals surface area (Å²) in [5.74, 6) is 2.31. The van der Waals surface area contributed by atoms with E-state index in [1.54, 1.807) is 0 Å². The molecule has 0 atom stereocenters. The van der Waals surface area contributed by atoms with Gasteiger partial charge in [0.1, 0.15) is 0 Å². The van der Waals surface area contributed by atoms with Crippen LogP contribution in [0.5, 0.6) is 0 Å². The van der Waals surface area contributed by atoms with Gasteiger partial charge in [-0.2, -0.15) is 0 Å². The fraction of sp³-hybridized carbons (Fsp3) is 0.909. The van der Waals surface area contributed by atoms with Crippen molar-refractivity contribution in [3.05, 3.63) is 0 Å². The molecule has 7 heteroatoms. The van der Waals surface area contributed by atoms with Gasteiger partial charge >= 0.3 is 5.96 Å². The lowest BCUT2D eigenvalue weighted by molar-refractivity contribution is -0.527. The van der Waals surface area contributed by atoms with Crippen LogP contribution in [-0.4, -0.2) is 110 Å². The zero-order valence-corrected chi connectivity index (χ0v) is 20.6. The van der Waals surface area contributed by atoms with E-state index < -0.39 is 0 Å². The fourth-order valence-electron chi connectivity index (χ4n) is 3.43. The number of rotatable bonds is 14. The molecule has 0 heterocycles. The Hall–Kier alpha value is -1.50. The minimum Gasteiger partial charge on any atom is -0.376 e. The molecule has 1 N–H and O–H groups in total. The molecule has 0 aliphatic heterocycles. The van der Waals surface area contributed by atoms with E-state index in [9.17, 15) is 0 Å². The van der Waals surface area contributed by atoms with Gasteiger partial charge in [-0.05, 0) is 55.4 Å². The molecule has 0 aliphatic carbocycles. The maximum atomic E-state index is 5.87. The molecule has 0 unspecified atom stereocenters. The molecule has 0 aromatic rings. The van der Waals surface area contributed by atoms with Crippen molar-refractivity contribution in [2.24, 2.45) is 4.99 Å². The standard InChI is InChI=1S/C22H48N6O/c1-9-25(10-2)21(26(11-3)12-4)23-17-19-29-20-18-24-22(27(13-5)14-6)28(15-7)16-8/h9-20H2,1-8H3/p+1. The Bertz CT molecular complexity index is 434. The Labute approximate surface area is 180 Å². The van der Waals surface area contributed by atoms with Gasteiger partial charge in [-0.15, -0.1) is 0 Å². The Morgan fingerprint density at radius 1 is 0.724 bits per heavy atom. The maximum absolute atomic E-state index is 5.87. The molecule has 29 heavy (non-hydrogen) atoms. The molecule has 0 radical (unpaired) electrons. The summed E-state index contributed by atoms with van der Waals surface area (Å²) in [6, 6.07) is 0. The molecular formula is C22H49N6O+. The van der Waals surface area contributed by atoms with E-state index in [0.717, 1.165) is 64.9 Å². The molecule has 0 saturated heterocycles. The summed E-state index contributed by atoms with van der Waals surface area (Å²) in [4.78, 5) is 11.9. The molecule has 0 bridgehead atoms. The second kappa shape index (κ2) is 17.4. The van der Waals surface area contributed by atoms with Crippen LogP contribution < -0.4 is 5.32 Å². The van der Waals surface area contributed by atoms with Crippen molar-refractivity contribution in [3.8, 4) is 0 Å². The van der Waals surface area contributed by atoms with Crippen LogP contribution in [0.15, 0.2) is 4.99 Å². The quantitative estimate of drug-likeness (QED) is 0.205. The monoisotopic (exact) mass is 413 g/mol. The number of aliphatic imine (C=N–C) groups is 1. The van der Waals surface area contributed by atoms with Crippen molar-refractivity contribution < 1.29 is 9.31 Å². The lowest BCUT2D eigenvalue weighted by Crippen LogP contribution is -2.48. The van der Waals surface area contributed by atoms with Crippen LogP contribution in [-0.2, 0) is 4.74 Å². The first kappa shape index (κ1) is 27.5. The Balaban J connectivity index is 4.64. The van der Waals surface area contributed by atoms with Crippen molar-refractivity contribution in [1.82, 2.24) is 20.0 Å². The van der Waals surface area contributed by atoms with E-state index in [1.165, 1.54) is 5.96 Å². The minimum atomic E-state index is 0.652. The Kier molecular flexibility index (Phi) is 16.5. The first-order chi connectivity index (χ1) is 14.1. The van der Waals surface area contributed by atoms with Gasteiger partial charge in [0, 0.05) is 26.2 Å². The highest BCUT2D eigenvalue weighted by molar-refractivity contribution is 5.80. The highest BCUT2D eigenvalue weighted by atomic mass is 16.5. The normalized spacial score (nSPS) is 10.5. The van der Waals surface area contributed by atoms with Crippen LogP contribution in [0.3, 0.4) is 0 Å². The summed E-state index contributed by atoms with van der Waals surface area (Å²) >= 11 is 0. The predicted octanol–water partition coefficient (Wildman–Crippen LogP) is 2.38. The van der Waals surface area contributed by atoms with Crippen molar-refractivity contribution >= 4 is 11.9 Å². The van der Waals surface area contributed by atoms with Gasteiger partial charge in [-0.3, -0.25) is 19.8 Å². The first-order valence-corrected chi connectivity index (χ1v) is 11.8. The van der Waals surface area contributed by atoms with Crippen LogP contribution >= 0.6 is 0 Å². The van der Waals surface area contributed by atoms with Crippen molar-refractivity contribution in [1.29, 1.82) is 0 Å². The second-order valence-electron chi connectivity index (χ2n) is 6.73. The zero-order valence-electron chi connectivity index (χ0n) is 20.6. The Morgan fingerprint density at radius 2 is 1.21 bits per heavy atom. The summed E-state index contributed by atoms with van der Waals surface area (Å²) < 4.78 is 8.24. The van der Waals surface area contributed by atoms with E-state index in [0.29, 0.717) is 19.8 Å². The van der Waals surface area contributed by atoms with Gasteiger partial charge in [0.15, 0.2) is 5.96 Å². The topological polar surface area (TPSA) is 46.4 Å². The minimum absolute atomic E-state index is 0.652. The Morgan fingerprint density at radius 3 is 1.62 bits per heavy atom. The van der Waals surface area contributed by atoms with Gasteiger partial charge in [0.05, 0.1) is 52.5 Å². The molecule has 0 aliphatic rings. The average molecular weight is 414 g/mol. The van der Waals surface area contributed by atoms with Gasteiger partial charge in [-0.1, -0.05) is 0 Å². The van der Waals surface area contributed by atoms with Gasteiger partial charge in [0.2, 0.25) is 0 Å². The molecule has 0 amide bonds. The number of hydrogen-bond acceptors (Lipinski definition) is 2. The lowest BCUT2D eigenvalue weighted by atomic mass is 10.4. The van der Waals surface area contributed by atoms with Crippen molar-refractivity contribution in [2.45, 2.75) is 55.4 Å². The molecule has 7 nitrogen and oxygen atoms in total. The molecule has 0 spiro atoms. The molecule has 0 aromatic heterocycles. The van der Waals surface area contributed by atoms with Crippen LogP contribution in [0.1, 0.15) is 55.4 Å². The van der Waals surface area contributed by atoms with E-state index in [2.05, 4.69) is 80.0 Å². The van der Waals surface area contributed by atoms with Crippen LogP contribution in [0.25, 0.3) is 0 Å². The fourth-order valence-corrected chi connectivity index (χ4v) is 3.43. The summed E-state index contributed by atoms with van der Waals surface area (Å²) in [7, 11) is 0. The summed E-state index contributed by atoms with van der Waals surface area (Å²) in [6.07, 6.45) is 0. The van der Waals surface area contributed by atoms with E-state index >= 15 is 0 Å². The molecule has 0 fully saturated rings. The van der Waals surface area contributed by atoms with Crippen LogP contribution in [0.2, 0.25) is 0 Å². The molecule has 0 saturated carbocycles. The van der Waals surface area contributed by atoms with Crippen molar-refractivity contribution in [3.63, 3.8) is 0 Å². The molecule has 0 rings (SSSR count). The van der Waals surface area contributed by atoms with Gasteiger partial charge in [-0.25, -0.2) is 0 Å². The molecule has 172 valence electrons. The number of guanidine groups is 2. The maximum Gasteiger partial charge on any atom is 0.348 e. The summed E-state index contributed by atoms with van der Waals surface area (Å²) in [5, 5.41) is 3.59. The first-order valence-electron chi connectivity index (χ1n) is 11.8. The molecule has 0 aromatic carbocycles. The third-order valence-electron chi connectivity index (χ3n) is 5.24. The number of ether oxygens (including phenoxy) is 1. The third-order valence-corrected chi connectivity index (χ3v) is 5.24. The second-order valence-corrected chi connectivity index (χ2v) is 6.73. The van der Waals surface area contributed by atoms with Crippen molar-refractivity contribution in [2.75, 3.05) is 78.7 Å². The van der Waals surface area contributed by atoms with Crippen LogP contribution in [0, 0.1) is 0 Å². The SMILES string of the molecule is CCN(CC)C(=NCCOCCNC(N(CC)CC)=[N+](CC)CC)N(CC)CC. The lowest BCUT2D eigenvalue weighted by Gasteiger charge is -2.32. The summed E-state index contributed by atoms with van der Waals surface area (Å²) in [5.41, 5.74) is 0. The average Bonchev–Trinajstić information content (AvgIpc) is 2.75. The molecular weight excluding hydrogens is 364 g/mol. The largest absolute Gasteiger partial charge is 0.376 e. The summed E-state index contributed by atoms with van der Waals surface area (Å²) in [6.45, 7) is 28.3. The number of hydrogen-bond donors (Lipinski definition) is 1. The zero-order chi connectivity index (χ0) is 22.1. The number of nitrogens with zero attached hydrogens (tertiary/aromatic N) is 5.